The van der Waals surface area contributed by atoms with Crippen molar-refractivity contribution in [1.29, 1.82) is 0 Å². The standard InChI is InChI=1S/C24H32N2O3S/c1-30(27,28)29-20-24-18-25(14-12-21-8-4-2-5-9-21)15-13-23(24)17-26(19-24)16-22-10-6-3-7-11-22/h2-11,23H,12-20H2,1H3. The first-order chi connectivity index (χ1) is 14.4. The first kappa shape index (κ1) is 21.5. The zero-order valence-corrected chi connectivity index (χ0v) is 18.6. The molecule has 0 aliphatic carbocycles. The van der Waals surface area contributed by atoms with Crippen LogP contribution < -0.4 is 0 Å². The molecule has 2 fully saturated rings. The third kappa shape index (κ3) is 5.49. The van der Waals surface area contributed by atoms with E-state index in [2.05, 4.69) is 58.3 Å². The highest BCUT2D eigenvalue weighted by molar-refractivity contribution is 7.85. The summed E-state index contributed by atoms with van der Waals surface area (Å²) in [6.45, 7) is 6.03. The van der Waals surface area contributed by atoms with Crippen LogP contribution in [0.4, 0.5) is 0 Å². The largest absolute Gasteiger partial charge is 0.302 e. The van der Waals surface area contributed by atoms with Gasteiger partial charge in [-0.2, -0.15) is 8.42 Å². The lowest BCUT2D eigenvalue weighted by molar-refractivity contribution is 0.0222. The van der Waals surface area contributed by atoms with E-state index in [1.165, 1.54) is 11.1 Å². The van der Waals surface area contributed by atoms with Gasteiger partial charge in [-0.05, 0) is 36.4 Å². The van der Waals surface area contributed by atoms with Crippen molar-refractivity contribution in [2.24, 2.45) is 11.3 Å². The molecular formula is C24H32N2O3S. The van der Waals surface area contributed by atoms with E-state index in [1.807, 2.05) is 12.1 Å². The number of hydrogen-bond donors (Lipinski definition) is 0. The Labute approximate surface area is 180 Å². The molecule has 5 nitrogen and oxygen atoms in total. The summed E-state index contributed by atoms with van der Waals surface area (Å²) < 4.78 is 29.0. The lowest BCUT2D eigenvalue weighted by Crippen LogP contribution is -2.51. The molecular weight excluding hydrogens is 396 g/mol. The molecule has 0 radical (unpaired) electrons. The lowest BCUT2D eigenvalue weighted by Gasteiger charge is -2.44. The van der Waals surface area contributed by atoms with Crippen molar-refractivity contribution in [3.8, 4) is 0 Å². The number of benzene rings is 2. The third-order valence-corrected chi connectivity index (χ3v) is 7.13. The topological polar surface area (TPSA) is 49.9 Å². The Kier molecular flexibility index (Phi) is 6.58. The molecule has 0 aromatic heterocycles. The zero-order valence-electron chi connectivity index (χ0n) is 17.7. The van der Waals surface area contributed by atoms with E-state index in [9.17, 15) is 8.42 Å². The van der Waals surface area contributed by atoms with Gasteiger partial charge in [-0.3, -0.25) is 9.08 Å². The Morgan fingerprint density at radius 2 is 1.60 bits per heavy atom. The molecule has 162 valence electrons. The summed E-state index contributed by atoms with van der Waals surface area (Å²) in [5.74, 6) is 0.468. The van der Waals surface area contributed by atoms with E-state index in [4.69, 9.17) is 4.18 Å². The van der Waals surface area contributed by atoms with Crippen molar-refractivity contribution in [2.75, 3.05) is 45.6 Å². The van der Waals surface area contributed by atoms with Crippen LogP contribution in [0.5, 0.6) is 0 Å². The van der Waals surface area contributed by atoms with Gasteiger partial charge >= 0.3 is 0 Å². The molecule has 2 unspecified atom stereocenters. The molecule has 6 heteroatoms. The molecule has 0 amide bonds. The second-order valence-electron chi connectivity index (χ2n) is 8.98. The summed E-state index contributed by atoms with van der Waals surface area (Å²) in [5, 5.41) is 0. The monoisotopic (exact) mass is 428 g/mol. The molecule has 2 heterocycles. The van der Waals surface area contributed by atoms with Crippen LogP contribution in [0.15, 0.2) is 60.7 Å². The predicted molar refractivity (Wildman–Crippen MR) is 120 cm³/mol. The van der Waals surface area contributed by atoms with Crippen molar-refractivity contribution in [1.82, 2.24) is 9.80 Å². The molecule has 30 heavy (non-hydrogen) atoms. The quantitative estimate of drug-likeness (QED) is 0.605. The number of piperidine rings is 1. The van der Waals surface area contributed by atoms with Crippen molar-refractivity contribution in [2.45, 2.75) is 19.4 Å². The Morgan fingerprint density at radius 1 is 0.967 bits per heavy atom. The number of nitrogens with zero attached hydrogens (tertiary/aromatic N) is 2. The highest BCUT2D eigenvalue weighted by Gasteiger charge is 2.50. The summed E-state index contributed by atoms with van der Waals surface area (Å²) in [7, 11) is -3.45. The molecule has 0 spiro atoms. The van der Waals surface area contributed by atoms with Crippen LogP contribution in [0, 0.1) is 11.3 Å². The molecule has 2 atom stereocenters. The highest BCUT2D eigenvalue weighted by atomic mass is 32.2. The van der Waals surface area contributed by atoms with Gasteiger partial charge in [-0.25, -0.2) is 0 Å². The Bertz CT molecular complexity index is 920. The minimum atomic E-state index is -3.45. The molecule has 0 bridgehead atoms. The average molecular weight is 429 g/mol. The maximum atomic E-state index is 11.8. The smallest absolute Gasteiger partial charge is 0.264 e. The van der Waals surface area contributed by atoms with Gasteiger partial charge in [-0.1, -0.05) is 60.7 Å². The molecule has 0 saturated carbocycles. The van der Waals surface area contributed by atoms with Gasteiger partial charge in [0.15, 0.2) is 0 Å². The number of likely N-dealkylation sites (tertiary alicyclic amines) is 2. The van der Waals surface area contributed by atoms with E-state index in [1.54, 1.807) is 0 Å². The number of fused-ring (bicyclic) bond motifs is 1. The second-order valence-corrected chi connectivity index (χ2v) is 10.6. The molecule has 0 N–H and O–H groups in total. The number of rotatable bonds is 8. The van der Waals surface area contributed by atoms with Crippen molar-refractivity contribution < 1.29 is 12.6 Å². The van der Waals surface area contributed by atoms with Crippen molar-refractivity contribution in [3.63, 3.8) is 0 Å². The van der Waals surface area contributed by atoms with E-state index < -0.39 is 10.1 Å². The number of hydrogen-bond acceptors (Lipinski definition) is 5. The van der Waals surface area contributed by atoms with Gasteiger partial charge in [0.2, 0.25) is 0 Å². The molecule has 2 aromatic carbocycles. The fourth-order valence-corrected chi connectivity index (χ4v) is 5.55. The summed E-state index contributed by atoms with van der Waals surface area (Å²) in [5.41, 5.74) is 2.52. The molecule has 2 aliphatic rings. The maximum Gasteiger partial charge on any atom is 0.264 e. The van der Waals surface area contributed by atoms with Gasteiger partial charge in [-0.15, -0.1) is 0 Å². The van der Waals surface area contributed by atoms with Gasteiger partial charge in [0.05, 0.1) is 12.9 Å². The van der Waals surface area contributed by atoms with Gasteiger partial charge in [0, 0.05) is 38.1 Å². The Hall–Kier alpha value is -1.73. The van der Waals surface area contributed by atoms with Crippen LogP contribution in [-0.4, -0.2) is 63.8 Å². The molecule has 2 saturated heterocycles. The van der Waals surface area contributed by atoms with Crippen LogP contribution in [0.25, 0.3) is 0 Å². The van der Waals surface area contributed by atoms with Crippen molar-refractivity contribution >= 4 is 10.1 Å². The fourth-order valence-electron chi connectivity index (χ4n) is 5.10. The normalized spacial score (nSPS) is 25.3. The van der Waals surface area contributed by atoms with Crippen LogP contribution in [0.1, 0.15) is 17.5 Å². The summed E-state index contributed by atoms with van der Waals surface area (Å²) in [6.07, 6.45) is 3.26. The summed E-state index contributed by atoms with van der Waals surface area (Å²) >= 11 is 0. The summed E-state index contributed by atoms with van der Waals surface area (Å²) in [4.78, 5) is 4.98. The van der Waals surface area contributed by atoms with Crippen LogP contribution in [0.3, 0.4) is 0 Å². The SMILES string of the molecule is CS(=O)(=O)OCC12CN(CCc3ccccc3)CCC1CN(Cc1ccccc1)C2. The highest BCUT2D eigenvalue weighted by Crippen LogP contribution is 2.43. The average Bonchev–Trinajstić information content (AvgIpc) is 3.09. The van der Waals surface area contributed by atoms with E-state index in [-0.39, 0.29) is 12.0 Å². The third-order valence-electron chi connectivity index (χ3n) is 6.58. The predicted octanol–water partition coefficient (Wildman–Crippen LogP) is 3.03. The second kappa shape index (κ2) is 9.18. The first-order valence-electron chi connectivity index (χ1n) is 10.8. The first-order valence-corrected chi connectivity index (χ1v) is 12.6. The van der Waals surface area contributed by atoms with Crippen LogP contribution >= 0.6 is 0 Å². The van der Waals surface area contributed by atoms with Crippen molar-refractivity contribution in [3.05, 3.63) is 71.8 Å². The molecule has 2 aromatic rings. The van der Waals surface area contributed by atoms with E-state index in [0.717, 1.165) is 58.4 Å². The molecule has 2 aliphatic heterocycles. The minimum absolute atomic E-state index is 0.132. The van der Waals surface area contributed by atoms with Gasteiger partial charge in [0.25, 0.3) is 10.1 Å². The van der Waals surface area contributed by atoms with Crippen LogP contribution in [-0.2, 0) is 27.3 Å². The Balaban J connectivity index is 1.45. The lowest BCUT2D eigenvalue weighted by atomic mass is 9.74. The van der Waals surface area contributed by atoms with E-state index >= 15 is 0 Å². The summed E-state index contributed by atoms with van der Waals surface area (Å²) in [6, 6.07) is 21.1. The van der Waals surface area contributed by atoms with Gasteiger partial charge in [0.1, 0.15) is 0 Å². The van der Waals surface area contributed by atoms with Gasteiger partial charge < -0.3 is 4.90 Å². The minimum Gasteiger partial charge on any atom is -0.302 e. The van der Waals surface area contributed by atoms with Crippen LogP contribution in [0.2, 0.25) is 0 Å². The maximum absolute atomic E-state index is 11.8. The fraction of sp³-hybridized carbons (Fsp3) is 0.500. The van der Waals surface area contributed by atoms with E-state index in [0.29, 0.717) is 5.92 Å². The zero-order chi connectivity index (χ0) is 21.0. The Morgan fingerprint density at radius 3 is 2.27 bits per heavy atom. The molecule has 4 rings (SSSR count).